The van der Waals surface area contributed by atoms with E-state index in [2.05, 4.69) is 10.6 Å². The molecular weight excluding hydrogens is 648 g/mol. The summed E-state index contributed by atoms with van der Waals surface area (Å²) in [6.45, 7) is 10.1. The summed E-state index contributed by atoms with van der Waals surface area (Å²) in [4.78, 5) is 51.7. The van der Waals surface area contributed by atoms with Crippen molar-refractivity contribution < 1.29 is 37.8 Å². The molecule has 272 valence electrons. The summed E-state index contributed by atoms with van der Waals surface area (Å²) in [6, 6.07) is 12.7. The number of hydrogen-bond donors (Lipinski definition) is 4. The molecule has 0 fully saturated rings. The van der Waals surface area contributed by atoms with Crippen molar-refractivity contribution in [2.45, 2.75) is 78.6 Å². The number of halogens is 2. The van der Waals surface area contributed by atoms with Crippen LogP contribution in [0.1, 0.15) is 71.7 Å². The highest BCUT2D eigenvalue weighted by Gasteiger charge is 2.37. The van der Waals surface area contributed by atoms with Crippen molar-refractivity contribution >= 4 is 23.7 Å². The zero-order valence-corrected chi connectivity index (χ0v) is 29.6. The van der Waals surface area contributed by atoms with E-state index in [9.17, 15) is 33.1 Å². The van der Waals surface area contributed by atoms with Gasteiger partial charge in [0.15, 0.2) is 0 Å². The van der Waals surface area contributed by atoms with Gasteiger partial charge >= 0.3 is 5.97 Å². The van der Waals surface area contributed by atoms with Crippen molar-refractivity contribution in [3.05, 3.63) is 83.7 Å². The Morgan fingerprint density at radius 1 is 0.980 bits per heavy atom. The number of aliphatic hydroxyl groups excluding tert-OH is 1. The molecule has 0 aliphatic heterocycles. The summed E-state index contributed by atoms with van der Waals surface area (Å²) in [5, 5.41) is 15.1. The number of nitrogens with two attached hydrogens (primary N) is 1. The van der Waals surface area contributed by atoms with Crippen LogP contribution >= 0.6 is 0 Å². The molecule has 0 aliphatic rings. The van der Waals surface area contributed by atoms with Gasteiger partial charge in [-0.3, -0.25) is 19.2 Å². The van der Waals surface area contributed by atoms with Crippen molar-refractivity contribution in [3.63, 3.8) is 0 Å². The maximum Gasteiger partial charge on any atom is 0.325 e. The van der Waals surface area contributed by atoms with E-state index in [1.165, 1.54) is 4.90 Å². The number of hydrogen-bond acceptors (Lipinski definition) is 7. The zero-order valence-electron chi connectivity index (χ0n) is 29.6. The molecule has 5 N–H and O–H groups in total. The molecule has 0 spiro atoms. The van der Waals surface area contributed by atoms with Gasteiger partial charge in [0.25, 0.3) is 0 Å². The maximum absolute atomic E-state index is 15.0. The second-order valence-corrected chi connectivity index (χ2v) is 14.2. The number of nitrogens with one attached hydrogen (secondary N) is 2. The SMILES string of the molecule is CC(C)(C)OC(=O)CNC(=O)CCNC(=O)[C@@H](N)CCN(C(=O)CO)[C@@H](c1cc(-c2cc(F)ccc2F)cn1Cc1ccccc1)C(C)(C)C. The lowest BCUT2D eigenvalue weighted by Crippen LogP contribution is -2.48. The van der Waals surface area contributed by atoms with E-state index in [0.29, 0.717) is 17.8 Å². The Labute approximate surface area is 292 Å². The van der Waals surface area contributed by atoms with Gasteiger partial charge in [0.2, 0.25) is 17.7 Å². The van der Waals surface area contributed by atoms with Crippen LogP contribution in [0.2, 0.25) is 0 Å². The topological polar surface area (TPSA) is 156 Å². The van der Waals surface area contributed by atoms with Crippen LogP contribution in [0.15, 0.2) is 60.8 Å². The molecule has 2 atom stereocenters. The van der Waals surface area contributed by atoms with E-state index >= 15 is 0 Å². The number of esters is 1. The fourth-order valence-corrected chi connectivity index (χ4v) is 5.58. The number of ether oxygens (including phenoxy) is 1. The van der Waals surface area contributed by atoms with Gasteiger partial charge in [0.1, 0.15) is 30.4 Å². The van der Waals surface area contributed by atoms with Crippen LogP contribution in [0.3, 0.4) is 0 Å². The van der Waals surface area contributed by atoms with Crippen LogP contribution in [0, 0.1) is 17.0 Å². The monoisotopic (exact) mass is 697 g/mol. The summed E-state index contributed by atoms with van der Waals surface area (Å²) in [5.41, 5.74) is 6.89. The number of aliphatic hydroxyl groups is 1. The molecule has 0 saturated carbocycles. The van der Waals surface area contributed by atoms with Crippen LogP contribution in [0.25, 0.3) is 11.1 Å². The molecule has 3 aromatic rings. The third kappa shape index (κ3) is 11.8. The van der Waals surface area contributed by atoms with Crippen LogP contribution in [-0.4, -0.2) is 76.1 Å². The average molecular weight is 698 g/mol. The van der Waals surface area contributed by atoms with Crippen LogP contribution in [0.4, 0.5) is 8.78 Å². The predicted molar refractivity (Wildman–Crippen MR) is 185 cm³/mol. The first-order valence-corrected chi connectivity index (χ1v) is 16.5. The van der Waals surface area contributed by atoms with E-state index in [1.807, 2.05) is 55.7 Å². The Kier molecular flexibility index (Phi) is 13.8. The van der Waals surface area contributed by atoms with Gasteiger partial charge in [-0.15, -0.1) is 0 Å². The van der Waals surface area contributed by atoms with E-state index < -0.39 is 65.0 Å². The molecule has 0 unspecified atom stereocenters. The molecule has 11 nitrogen and oxygen atoms in total. The van der Waals surface area contributed by atoms with Gasteiger partial charge in [0, 0.05) is 49.1 Å². The first kappa shape index (κ1) is 39.8. The van der Waals surface area contributed by atoms with Crippen molar-refractivity contribution in [2.75, 3.05) is 26.2 Å². The molecule has 0 radical (unpaired) electrons. The first-order valence-electron chi connectivity index (χ1n) is 16.5. The molecule has 3 rings (SSSR count). The van der Waals surface area contributed by atoms with Crippen LogP contribution in [-0.2, 0) is 30.5 Å². The molecule has 0 saturated heterocycles. The van der Waals surface area contributed by atoms with E-state index in [1.54, 1.807) is 33.0 Å². The molecule has 13 heteroatoms. The lowest BCUT2D eigenvalue weighted by atomic mass is 9.82. The molecule has 3 amide bonds. The van der Waals surface area contributed by atoms with Gasteiger partial charge in [-0.2, -0.15) is 0 Å². The summed E-state index contributed by atoms with van der Waals surface area (Å²) in [5.74, 6) is -3.42. The third-order valence-corrected chi connectivity index (χ3v) is 7.75. The summed E-state index contributed by atoms with van der Waals surface area (Å²) < 4.78 is 36.3. The minimum atomic E-state index is -1.07. The van der Waals surface area contributed by atoms with Crippen molar-refractivity contribution in [3.8, 4) is 11.1 Å². The van der Waals surface area contributed by atoms with Gasteiger partial charge in [-0.05, 0) is 62.4 Å². The maximum atomic E-state index is 15.0. The molecular formula is C37H49F2N5O6. The second-order valence-electron chi connectivity index (χ2n) is 14.2. The molecule has 50 heavy (non-hydrogen) atoms. The molecule has 1 heterocycles. The number of aromatic nitrogens is 1. The minimum Gasteiger partial charge on any atom is -0.459 e. The number of benzene rings is 2. The second kappa shape index (κ2) is 17.3. The summed E-state index contributed by atoms with van der Waals surface area (Å²) >= 11 is 0. The smallest absolute Gasteiger partial charge is 0.325 e. The minimum absolute atomic E-state index is 0.0137. The quantitative estimate of drug-likeness (QED) is 0.175. The summed E-state index contributed by atoms with van der Waals surface area (Å²) in [6.07, 6.45) is 1.62. The Hall–Kier alpha value is -4.62. The van der Waals surface area contributed by atoms with Crippen molar-refractivity contribution in [1.29, 1.82) is 0 Å². The first-order chi connectivity index (χ1) is 23.4. The van der Waals surface area contributed by atoms with E-state index in [-0.39, 0.29) is 38.0 Å². The molecule has 2 aromatic carbocycles. The Morgan fingerprint density at radius 2 is 1.66 bits per heavy atom. The van der Waals surface area contributed by atoms with Gasteiger partial charge < -0.3 is 35.7 Å². The number of rotatable bonds is 15. The van der Waals surface area contributed by atoms with Crippen LogP contribution in [0.5, 0.6) is 0 Å². The van der Waals surface area contributed by atoms with Gasteiger partial charge in [0.05, 0.1) is 12.1 Å². The zero-order chi connectivity index (χ0) is 37.2. The van der Waals surface area contributed by atoms with E-state index in [0.717, 1.165) is 23.8 Å². The highest BCUT2D eigenvalue weighted by molar-refractivity contribution is 5.84. The normalized spacial score (nSPS) is 12.9. The fraction of sp³-hybridized carbons (Fsp3) is 0.459. The highest BCUT2D eigenvalue weighted by Crippen LogP contribution is 2.41. The van der Waals surface area contributed by atoms with Gasteiger partial charge in [-0.25, -0.2) is 8.78 Å². The lowest BCUT2D eigenvalue weighted by Gasteiger charge is -2.41. The molecule has 0 bridgehead atoms. The Morgan fingerprint density at radius 3 is 2.28 bits per heavy atom. The third-order valence-electron chi connectivity index (χ3n) is 7.75. The Bertz CT molecular complexity index is 1630. The number of carbonyl (C=O) groups excluding carboxylic acids is 4. The number of amides is 3. The average Bonchev–Trinajstić information content (AvgIpc) is 3.43. The molecule has 1 aromatic heterocycles. The largest absolute Gasteiger partial charge is 0.459 e. The van der Waals surface area contributed by atoms with Crippen molar-refractivity contribution in [2.24, 2.45) is 11.1 Å². The lowest BCUT2D eigenvalue weighted by molar-refractivity contribution is -0.154. The standard InChI is InChI=1S/C37H49F2N5O6/c1-36(2,3)34(30-18-25(27-19-26(38)12-13-28(27)39)22-43(30)21-24-10-8-7-9-11-24)44(32(47)23-45)17-15-29(40)35(49)41-16-14-31(46)42-20-33(48)50-37(4,5)6/h7-13,18-19,22,29,34,45H,14-17,20-21,23,40H2,1-6H3,(H,41,49)(H,42,46)/t29-,34-/m0/s1. The summed E-state index contributed by atoms with van der Waals surface area (Å²) in [7, 11) is 0. The number of carbonyl (C=O) groups is 4. The van der Waals surface area contributed by atoms with Crippen molar-refractivity contribution in [1.82, 2.24) is 20.1 Å². The number of nitrogens with zero attached hydrogens (tertiary/aromatic N) is 2. The molecule has 0 aliphatic carbocycles. The van der Waals surface area contributed by atoms with Crippen LogP contribution < -0.4 is 16.4 Å². The predicted octanol–water partition coefficient (Wildman–Crippen LogP) is 4.07. The Balaban J connectivity index is 1.81. The fourth-order valence-electron chi connectivity index (χ4n) is 5.58. The van der Waals surface area contributed by atoms with E-state index in [4.69, 9.17) is 10.5 Å². The highest BCUT2D eigenvalue weighted by atomic mass is 19.1. The van der Waals surface area contributed by atoms with Gasteiger partial charge in [-0.1, -0.05) is 51.1 Å².